The minimum absolute atomic E-state index is 0.253. The molecule has 0 radical (unpaired) electrons. The first-order valence-corrected chi connectivity index (χ1v) is 14.3. The Morgan fingerprint density at radius 1 is 0.789 bits per heavy atom. The highest BCUT2D eigenvalue weighted by Gasteiger charge is 2.36. The lowest BCUT2D eigenvalue weighted by molar-refractivity contribution is 0.174. The molecule has 202 valence electrons. The molecular weight excluding hydrogens is 493 g/mol. The quantitative estimate of drug-likeness (QED) is 0.131. The molecule has 3 aromatic carbocycles. The highest BCUT2D eigenvalue weighted by atomic mass is 31.2. The molecule has 0 fully saturated rings. The molecule has 0 saturated heterocycles. The van der Waals surface area contributed by atoms with Gasteiger partial charge in [-0.2, -0.15) is 5.26 Å². The average Bonchev–Trinajstić information content (AvgIpc) is 2.94. The van der Waals surface area contributed by atoms with E-state index in [4.69, 9.17) is 19.0 Å². The van der Waals surface area contributed by atoms with Crippen LogP contribution in [0.1, 0.15) is 50.8 Å². The number of hydrogen-bond acceptors (Lipinski definition) is 6. The summed E-state index contributed by atoms with van der Waals surface area (Å²) < 4.78 is 20.2. The number of hydrogen-bond donors (Lipinski definition) is 1. The van der Waals surface area contributed by atoms with Gasteiger partial charge in [0.2, 0.25) is 0 Å². The number of nitriles is 1. The molecule has 0 heterocycles. The standard InChI is InChI=1S/C31H40N3O3P/c1-25(2)34(26(3)4)38(36-23-12-21-32)37-24-22-33-31(27-13-8-6-9-14-27,28-15-10-7-11-16-28)29-17-19-30(35-5)20-18-29/h6-11,13-20,25-26,33H,12,22-24H2,1-5H3. The third-order valence-corrected chi connectivity index (χ3v) is 8.40. The van der Waals surface area contributed by atoms with Crippen LogP contribution in [0.5, 0.6) is 5.75 Å². The topological polar surface area (TPSA) is 66.8 Å². The maximum absolute atomic E-state index is 9.00. The molecule has 6 nitrogen and oxygen atoms in total. The normalized spacial score (nSPS) is 12.6. The fourth-order valence-corrected chi connectivity index (χ4v) is 6.29. The van der Waals surface area contributed by atoms with Gasteiger partial charge in [-0.05, 0) is 56.5 Å². The van der Waals surface area contributed by atoms with E-state index in [0.29, 0.717) is 26.2 Å². The molecule has 0 aliphatic heterocycles. The molecule has 3 rings (SSSR count). The van der Waals surface area contributed by atoms with E-state index >= 15 is 0 Å². The lowest BCUT2D eigenvalue weighted by atomic mass is 9.77. The van der Waals surface area contributed by atoms with Crippen molar-refractivity contribution in [2.24, 2.45) is 0 Å². The molecule has 0 saturated carbocycles. The number of methoxy groups -OCH3 is 1. The van der Waals surface area contributed by atoms with Crippen molar-refractivity contribution in [3.05, 3.63) is 102 Å². The molecule has 0 aromatic heterocycles. The SMILES string of the molecule is COc1ccc(C(NCCOP(OCCC#N)N(C(C)C)C(C)C)(c2ccccc2)c2ccccc2)cc1. The van der Waals surface area contributed by atoms with Gasteiger partial charge in [-0.25, -0.2) is 4.67 Å². The summed E-state index contributed by atoms with van der Waals surface area (Å²) in [6.07, 6.45) is 0.340. The van der Waals surface area contributed by atoms with Crippen molar-refractivity contribution in [2.75, 3.05) is 26.9 Å². The number of rotatable bonds is 15. The third-order valence-electron chi connectivity index (χ3n) is 6.29. The zero-order valence-electron chi connectivity index (χ0n) is 23.1. The van der Waals surface area contributed by atoms with Gasteiger partial charge in [-0.3, -0.25) is 5.32 Å². The van der Waals surface area contributed by atoms with Gasteiger partial charge in [0.25, 0.3) is 8.53 Å². The first-order chi connectivity index (χ1) is 18.4. The van der Waals surface area contributed by atoms with Crippen LogP contribution in [0.4, 0.5) is 0 Å². The number of benzene rings is 3. The highest BCUT2D eigenvalue weighted by Crippen LogP contribution is 2.46. The van der Waals surface area contributed by atoms with Crippen LogP contribution in [0, 0.1) is 11.3 Å². The highest BCUT2D eigenvalue weighted by molar-refractivity contribution is 7.44. The summed E-state index contributed by atoms with van der Waals surface area (Å²) in [5.41, 5.74) is 2.78. The summed E-state index contributed by atoms with van der Waals surface area (Å²) in [5, 5.41) is 12.9. The Morgan fingerprint density at radius 2 is 1.29 bits per heavy atom. The lowest BCUT2D eigenvalue weighted by Crippen LogP contribution is -2.46. The van der Waals surface area contributed by atoms with Crippen molar-refractivity contribution < 1.29 is 13.8 Å². The van der Waals surface area contributed by atoms with E-state index in [0.717, 1.165) is 22.4 Å². The van der Waals surface area contributed by atoms with Crippen LogP contribution in [-0.4, -0.2) is 43.6 Å². The Bertz CT molecular complexity index is 1070. The van der Waals surface area contributed by atoms with Crippen LogP contribution in [0.2, 0.25) is 0 Å². The molecule has 38 heavy (non-hydrogen) atoms. The van der Waals surface area contributed by atoms with Crippen LogP contribution in [0.15, 0.2) is 84.9 Å². The first kappa shape index (κ1) is 29.8. The smallest absolute Gasteiger partial charge is 0.259 e. The molecule has 3 aromatic rings. The van der Waals surface area contributed by atoms with E-state index in [1.807, 2.05) is 24.3 Å². The fraction of sp³-hybridized carbons (Fsp3) is 0.387. The van der Waals surface area contributed by atoms with Crippen molar-refractivity contribution in [1.82, 2.24) is 9.99 Å². The van der Waals surface area contributed by atoms with Crippen molar-refractivity contribution in [3.8, 4) is 11.8 Å². The Hall–Kier alpha value is -2.78. The third kappa shape index (κ3) is 7.41. The number of ether oxygens (including phenoxy) is 1. The Kier molecular flexibility index (Phi) is 11.7. The van der Waals surface area contributed by atoms with E-state index in [1.54, 1.807) is 7.11 Å². The molecule has 1 N–H and O–H groups in total. The average molecular weight is 534 g/mol. The van der Waals surface area contributed by atoms with Crippen LogP contribution in [0.25, 0.3) is 0 Å². The second-order valence-electron chi connectivity index (χ2n) is 9.52. The molecule has 0 aliphatic carbocycles. The fourth-order valence-electron chi connectivity index (χ4n) is 4.70. The van der Waals surface area contributed by atoms with Crippen molar-refractivity contribution in [2.45, 2.75) is 51.7 Å². The Labute approximate surface area is 229 Å². The van der Waals surface area contributed by atoms with Gasteiger partial charge < -0.3 is 13.8 Å². The van der Waals surface area contributed by atoms with Gasteiger partial charge in [-0.15, -0.1) is 0 Å². The first-order valence-electron chi connectivity index (χ1n) is 13.2. The van der Waals surface area contributed by atoms with Crippen molar-refractivity contribution in [3.63, 3.8) is 0 Å². The van der Waals surface area contributed by atoms with Gasteiger partial charge >= 0.3 is 0 Å². The predicted octanol–water partition coefficient (Wildman–Crippen LogP) is 6.87. The summed E-state index contributed by atoms with van der Waals surface area (Å²) in [4.78, 5) is 0. The molecule has 1 atom stereocenters. The molecule has 0 bridgehead atoms. The van der Waals surface area contributed by atoms with Gasteiger partial charge in [0, 0.05) is 18.6 Å². The lowest BCUT2D eigenvalue weighted by Gasteiger charge is -2.38. The van der Waals surface area contributed by atoms with E-state index in [9.17, 15) is 0 Å². The second-order valence-corrected chi connectivity index (χ2v) is 11.0. The number of nitrogens with one attached hydrogen (secondary N) is 1. The monoisotopic (exact) mass is 533 g/mol. The van der Waals surface area contributed by atoms with Gasteiger partial charge in [-0.1, -0.05) is 72.8 Å². The largest absolute Gasteiger partial charge is 0.497 e. The molecule has 7 heteroatoms. The summed E-state index contributed by atoms with van der Waals surface area (Å²) in [7, 11) is 0.376. The van der Waals surface area contributed by atoms with Crippen molar-refractivity contribution in [1.29, 1.82) is 5.26 Å². The summed E-state index contributed by atoms with van der Waals surface area (Å²) in [6.45, 7) is 9.96. The number of nitrogens with zero attached hydrogens (tertiary/aromatic N) is 2. The molecular formula is C31H40N3O3P. The van der Waals surface area contributed by atoms with Gasteiger partial charge in [0.1, 0.15) is 5.75 Å². The van der Waals surface area contributed by atoms with Crippen LogP contribution >= 0.6 is 8.53 Å². The van der Waals surface area contributed by atoms with Crippen LogP contribution < -0.4 is 10.1 Å². The molecule has 0 spiro atoms. The molecule has 0 aliphatic rings. The van der Waals surface area contributed by atoms with Crippen molar-refractivity contribution >= 4 is 8.53 Å². The Balaban J connectivity index is 1.92. The zero-order chi connectivity index (χ0) is 27.4. The second kappa shape index (κ2) is 15.0. The summed E-state index contributed by atoms with van der Waals surface area (Å²) >= 11 is 0. The summed E-state index contributed by atoms with van der Waals surface area (Å²) in [6, 6.07) is 31.9. The van der Waals surface area contributed by atoms with E-state index in [1.165, 1.54) is 0 Å². The molecule has 0 amide bonds. The van der Waals surface area contributed by atoms with Crippen LogP contribution in [0.3, 0.4) is 0 Å². The maximum Gasteiger partial charge on any atom is 0.259 e. The maximum atomic E-state index is 9.00. The van der Waals surface area contributed by atoms with Gasteiger partial charge in [0.05, 0.1) is 38.4 Å². The summed E-state index contributed by atoms with van der Waals surface area (Å²) in [5.74, 6) is 0.815. The predicted molar refractivity (Wildman–Crippen MR) is 155 cm³/mol. The van der Waals surface area contributed by atoms with Gasteiger partial charge in [0.15, 0.2) is 0 Å². The van der Waals surface area contributed by atoms with E-state index in [-0.39, 0.29) is 12.1 Å². The Morgan fingerprint density at radius 3 is 1.76 bits per heavy atom. The minimum Gasteiger partial charge on any atom is -0.497 e. The van der Waals surface area contributed by atoms with Crippen LogP contribution in [-0.2, 0) is 14.6 Å². The van der Waals surface area contributed by atoms with E-state index < -0.39 is 14.1 Å². The molecule has 1 unspecified atom stereocenters. The van der Waals surface area contributed by atoms with E-state index in [2.05, 4.69) is 104 Å². The zero-order valence-corrected chi connectivity index (χ0v) is 24.0. The minimum atomic E-state index is -1.31.